The van der Waals surface area contributed by atoms with Crippen LogP contribution in [0.25, 0.3) is 0 Å². The fraction of sp³-hybridized carbons (Fsp3) is 0.571. The Hall–Kier alpha value is -0.320. The molecule has 1 N–H and O–H groups in total. The predicted molar refractivity (Wildman–Crippen MR) is 78.0 cm³/mol. The van der Waals surface area contributed by atoms with Gasteiger partial charge in [-0.25, -0.2) is 0 Å². The summed E-state index contributed by atoms with van der Waals surface area (Å²) in [5, 5.41) is 11.5. The molecular formula is C14H19Cl2NO2. The molecule has 5 heteroatoms. The highest BCUT2D eigenvalue weighted by atomic mass is 35.5. The van der Waals surface area contributed by atoms with Crippen LogP contribution in [0.4, 0.5) is 0 Å². The van der Waals surface area contributed by atoms with Gasteiger partial charge in [-0.1, -0.05) is 36.2 Å². The Labute approximate surface area is 124 Å². The highest BCUT2D eigenvalue weighted by molar-refractivity contribution is 6.35. The summed E-state index contributed by atoms with van der Waals surface area (Å²) in [4.78, 5) is 2.27. The number of halogens is 2. The van der Waals surface area contributed by atoms with Gasteiger partial charge in [0.05, 0.1) is 18.8 Å². The first-order chi connectivity index (χ1) is 9.11. The molecule has 1 saturated heterocycles. The van der Waals surface area contributed by atoms with Crippen LogP contribution in [-0.2, 0) is 11.2 Å². The van der Waals surface area contributed by atoms with Crippen molar-refractivity contribution >= 4 is 23.2 Å². The maximum absolute atomic E-state index is 10.3. The van der Waals surface area contributed by atoms with Gasteiger partial charge in [0, 0.05) is 29.6 Å². The zero-order valence-electron chi connectivity index (χ0n) is 11.0. The number of hydrogen-bond donors (Lipinski definition) is 1. The smallest absolute Gasteiger partial charge is 0.0964 e. The molecular weight excluding hydrogens is 285 g/mol. The van der Waals surface area contributed by atoms with Crippen molar-refractivity contribution in [2.45, 2.75) is 25.6 Å². The van der Waals surface area contributed by atoms with Crippen LogP contribution >= 0.6 is 23.2 Å². The molecule has 0 spiro atoms. The van der Waals surface area contributed by atoms with Gasteiger partial charge in [0.25, 0.3) is 0 Å². The van der Waals surface area contributed by atoms with Gasteiger partial charge < -0.3 is 9.84 Å². The van der Waals surface area contributed by atoms with E-state index in [9.17, 15) is 5.11 Å². The minimum atomic E-state index is -0.591. The predicted octanol–water partition coefficient (Wildman–Crippen LogP) is 2.62. The molecule has 0 aliphatic carbocycles. The molecule has 1 aromatic rings. The Kier molecular flexibility index (Phi) is 5.48. The summed E-state index contributed by atoms with van der Waals surface area (Å²) < 4.78 is 5.65. The van der Waals surface area contributed by atoms with Crippen molar-refractivity contribution < 1.29 is 9.84 Å². The van der Waals surface area contributed by atoms with E-state index in [1.54, 1.807) is 18.2 Å². The van der Waals surface area contributed by atoms with Crippen LogP contribution in [0, 0.1) is 0 Å². The minimum Gasteiger partial charge on any atom is -0.390 e. The third kappa shape index (κ3) is 3.83. The number of hydrogen-bond acceptors (Lipinski definition) is 3. The molecule has 0 aromatic heterocycles. The molecule has 1 aromatic carbocycles. The van der Waals surface area contributed by atoms with Crippen LogP contribution in [0.2, 0.25) is 10.0 Å². The summed E-state index contributed by atoms with van der Waals surface area (Å²) in [5.74, 6) is 0. The number of likely N-dealkylation sites (N-methyl/N-ethyl adjacent to an activating group) is 1. The number of aliphatic hydroxyl groups excluding tert-OH is 1. The number of benzene rings is 1. The second-order valence-corrected chi connectivity index (χ2v) is 5.59. The summed E-state index contributed by atoms with van der Waals surface area (Å²) in [6.45, 7) is 5.41. The molecule has 2 unspecified atom stereocenters. The van der Waals surface area contributed by atoms with E-state index < -0.39 is 6.10 Å². The van der Waals surface area contributed by atoms with Crippen molar-refractivity contribution in [2.75, 3.05) is 26.2 Å². The fourth-order valence-electron chi connectivity index (χ4n) is 2.32. The highest BCUT2D eigenvalue weighted by Crippen LogP contribution is 2.26. The van der Waals surface area contributed by atoms with Crippen LogP contribution in [0.3, 0.4) is 0 Å². The lowest BCUT2D eigenvalue weighted by Crippen LogP contribution is -2.48. The SMILES string of the molecule is CCN1CCOC(C(O)Cc2c(Cl)cccc2Cl)C1. The molecule has 3 nitrogen and oxygen atoms in total. The van der Waals surface area contributed by atoms with Crippen LogP contribution in [0.15, 0.2) is 18.2 Å². The molecule has 1 aliphatic heterocycles. The van der Waals surface area contributed by atoms with Gasteiger partial charge in [0.15, 0.2) is 0 Å². The van der Waals surface area contributed by atoms with Gasteiger partial charge in [-0.15, -0.1) is 0 Å². The van der Waals surface area contributed by atoms with Gasteiger partial charge in [0.1, 0.15) is 0 Å². The molecule has 0 amide bonds. The van der Waals surface area contributed by atoms with Crippen molar-refractivity contribution in [3.05, 3.63) is 33.8 Å². The van der Waals surface area contributed by atoms with E-state index in [-0.39, 0.29) is 6.10 Å². The molecule has 2 rings (SSSR count). The molecule has 1 heterocycles. The maximum atomic E-state index is 10.3. The Balaban J connectivity index is 2.02. The van der Waals surface area contributed by atoms with Crippen LogP contribution in [-0.4, -0.2) is 48.5 Å². The monoisotopic (exact) mass is 303 g/mol. The lowest BCUT2D eigenvalue weighted by molar-refractivity contribution is -0.0867. The summed E-state index contributed by atoms with van der Waals surface area (Å²) in [6, 6.07) is 5.38. The molecule has 19 heavy (non-hydrogen) atoms. The van der Waals surface area contributed by atoms with E-state index in [2.05, 4.69) is 11.8 Å². The quantitative estimate of drug-likeness (QED) is 0.928. The van der Waals surface area contributed by atoms with E-state index in [1.165, 1.54) is 0 Å². The van der Waals surface area contributed by atoms with E-state index in [0.29, 0.717) is 23.1 Å². The van der Waals surface area contributed by atoms with Crippen molar-refractivity contribution in [3.63, 3.8) is 0 Å². The minimum absolute atomic E-state index is 0.180. The molecule has 1 aliphatic rings. The lowest BCUT2D eigenvalue weighted by Gasteiger charge is -2.34. The Morgan fingerprint density at radius 3 is 2.74 bits per heavy atom. The molecule has 0 radical (unpaired) electrons. The third-order valence-electron chi connectivity index (χ3n) is 3.53. The Bertz CT molecular complexity index is 408. The summed E-state index contributed by atoms with van der Waals surface area (Å²) in [7, 11) is 0. The summed E-state index contributed by atoms with van der Waals surface area (Å²) in [5.41, 5.74) is 0.788. The highest BCUT2D eigenvalue weighted by Gasteiger charge is 2.27. The molecule has 1 fully saturated rings. The van der Waals surface area contributed by atoms with Gasteiger partial charge in [-0.05, 0) is 24.2 Å². The molecule has 106 valence electrons. The second kappa shape index (κ2) is 6.91. The second-order valence-electron chi connectivity index (χ2n) is 4.77. The first-order valence-corrected chi connectivity index (χ1v) is 7.32. The average Bonchev–Trinajstić information content (AvgIpc) is 2.43. The van der Waals surface area contributed by atoms with Crippen LogP contribution < -0.4 is 0 Å². The number of aliphatic hydroxyl groups is 1. The zero-order chi connectivity index (χ0) is 13.8. The largest absolute Gasteiger partial charge is 0.390 e. The molecule has 0 bridgehead atoms. The average molecular weight is 304 g/mol. The number of morpholine rings is 1. The van der Waals surface area contributed by atoms with Gasteiger partial charge in [-0.2, -0.15) is 0 Å². The Morgan fingerprint density at radius 1 is 1.42 bits per heavy atom. The van der Waals surface area contributed by atoms with Crippen molar-refractivity contribution in [3.8, 4) is 0 Å². The standard InChI is InChI=1S/C14H19Cl2NO2/c1-2-17-6-7-19-14(9-17)13(18)8-10-11(15)4-3-5-12(10)16/h3-5,13-14,18H,2,6-9H2,1H3. The van der Waals surface area contributed by atoms with Gasteiger partial charge in [0.2, 0.25) is 0 Å². The first kappa shape index (κ1) is 15.1. The normalized spacial score (nSPS) is 22.4. The first-order valence-electron chi connectivity index (χ1n) is 6.56. The van der Waals surface area contributed by atoms with Crippen molar-refractivity contribution in [1.82, 2.24) is 4.90 Å². The fourth-order valence-corrected chi connectivity index (χ4v) is 2.87. The van der Waals surface area contributed by atoms with Crippen molar-refractivity contribution in [1.29, 1.82) is 0 Å². The lowest BCUT2D eigenvalue weighted by atomic mass is 10.0. The van der Waals surface area contributed by atoms with E-state index in [1.807, 2.05) is 0 Å². The molecule has 0 saturated carbocycles. The van der Waals surface area contributed by atoms with E-state index in [0.717, 1.165) is 25.2 Å². The van der Waals surface area contributed by atoms with Gasteiger partial charge in [-0.3, -0.25) is 4.90 Å². The third-order valence-corrected chi connectivity index (χ3v) is 4.24. The Morgan fingerprint density at radius 2 is 2.11 bits per heavy atom. The van der Waals surface area contributed by atoms with E-state index >= 15 is 0 Å². The van der Waals surface area contributed by atoms with Crippen LogP contribution in [0.5, 0.6) is 0 Å². The van der Waals surface area contributed by atoms with Crippen molar-refractivity contribution in [2.24, 2.45) is 0 Å². The van der Waals surface area contributed by atoms with E-state index in [4.69, 9.17) is 27.9 Å². The topological polar surface area (TPSA) is 32.7 Å². The summed E-state index contributed by atoms with van der Waals surface area (Å²) in [6.07, 6.45) is -0.353. The van der Waals surface area contributed by atoms with Gasteiger partial charge >= 0.3 is 0 Å². The summed E-state index contributed by atoms with van der Waals surface area (Å²) >= 11 is 12.2. The number of rotatable bonds is 4. The maximum Gasteiger partial charge on any atom is 0.0964 e. The number of ether oxygens (including phenoxy) is 1. The number of nitrogens with zero attached hydrogens (tertiary/aromatic N) is 1. The van der Waals surface area contributed by atoms with Crippen LogP contribution in [0.1, 0.15) is 12.5 Å². The zero-order valence-corrected chi connectivity index (χ0v) is 12.5. The molecule has 2 atom stereocenters.